The van der Waals surface area contributed by atoms with Gasteiger partial charge in [-0.15, -0.1) is 0 Å². The number of nitrogens with zero attached hydrogens (tertiary/aromatic N) is 2. The van der Waals surface area contributed by atoms with Gasteiger partial charge in [-0.05, 0) is 24.3 Å². The van der Waals surface area contributed by atoms with Gasteiger partial charge in [-0.25, -0.2) is 4.98 Å². The van der Waals surface area contributed by atoms with Crippen LogP contribution in [0.25, 0.3) is 28.4 Å². The lowest BCUT2D eigenvalue weighted by Crippen LogP contribution is -2.04. The van der Waals surface area contributed by atoms with E-state index in [-0.39, 0.29) is 0 Å². The molecule has 0 aliphatic heterocycles. The second-order valence-electron chi connectivity index (χ2n) is 4.31. The van der Waals surface area contributed by atoms with Crippen LogP contribution in [0.2, 0.25) is 0 Å². The summed E-state index contributed by atoms with van der Waals surface area (Å²) in [5, 5.41) is 0.922. The molecule has 0 bridgehead atoms. The van der Waals surface area contributed by atoms with E-state index in [0.717, 1.165) is 27.9 Å². The summed E-state index contributed by atoms with van der Waals surface area (Å²) in [5.41, 5.74) is 8.51. The van der Waals surface area contributed by atoms with Crippen molar-refractivity contribution in [1.82, 2.24) is 15.0 Å². The van der Waals surface area contributed by atoms with Gasteiger partial charge in [-0.2, -0.15) is 0 Å². The molecule has 98 valence electrons. The van der Waals surface area contributed by atoms with Crippen LogP contribution in [0.4, 0.5) is 0 Å². The molecule has 0 fully saturated rings. The van der Waals surface area contributed by atoms with Crippen LogP contribution in [-0.4, -0.2) is 20.9 Å². The summed E-state index contributed by atoms with van der Waals surface area (Å²) in [5.74, 6) is -0.479. The third-order valence-corrected chi connectivity index (χ3v) is 2.95. The molecule has 3 aromatic heterocycles. The number of aromatic nitrogens is 3. The van der Waals surface area contributed by atoms with Crippen molar-refractivity contribution in [3.63, 3.8) is 0 Å². The molecule has 0 aliphatic carbocycles. The Kier molecular flexibility index (Phi) is 3.01. The van der Waals surface area contributed by atoms with Crippen molar-refractivity contribution in [3.8, 4) is 11.3 Å². The molecule has 3 aromatic rings. The average Bonchev–Trinajstić information content (AvgIpc) is 2.88. The van der Waals surface area contributed by atoms with Crippen molar-refractivity contribution in [2.45, 2.75) is 0 Å². The Hall–Kier alpha value is -2.95. The number of hydrogen-bond acceptors (Lipinski definition) is 3. The first-order chi connectivity index (χ1) is 9.74. The molecular formula is C15H12N4O. The van der Waals surface area contributed by atoms with Crippen molar-refractivity contribution < 1.29 is 4.79 Å². The number of aromatic amines is 1. The number of carbonyl (C=O) groups is 1. The zero-order valence-corrected chi connectivity index (χ0v) is 10.6. The van der Waals surface area contributed by atoms with E-state index in [4.69, 9.17) is 5.73 Å². The third kappa shape index (κ3) is 2.29. The molecule has 0 spiro atoms. The first-order valence-electron chi connectivity index (χ1n) is 6.10. The largest absolute Gasteiger partial charge is 0.366 e. The molecule has 0 aliphatic rings. The second kappa shape index (κ2) is 4.97. The minimum Gasteiger partial charge on any atom is -0.366 e. The Balaban J connectivity index is 2.10. The molecule has 0 saturated carbocycles. The smallest absolute Gasteiger partial charge is 0.241 e. The molecule has 5 nitrogen and oxygen atoms in total. The molecule has 5 heteroatoms. The van der Waals surface area contributed by atoms with E-state index >= 15 is 0 Å². The Morgan fingerprint density at radius 1 is 1.30 bits per heavy atom. The number of hydrogen-bond donors (Lipinski definition) is 2. The van der Waals surface area contributed by atoms with Gasteiger partial charge in [-0.3, -0.25) is 9.78 Å². The maximum Gasteiger partial charge on any atom is 0.241 e. The topological polar surface area (TPSA) is 84.7 Å². The zero-order chi connectivity index (χ0) is 13.9. The first kappa shape index (κ1) is 12.1. The summed E-state index contributed by atoms with van der Waals surface area (Å²) in [6.45, 7) is 0. The highest BCUT2D eigenvalue weighted by Gasteiger charge is 2.06. The summed E-state index contributed by atoms with van der Waals surface area (Å²) in [6, 6.07) is 7.71. The predicted octanol–water partition coefficient (Wildman–Crippen LogP) is 2.12. The van der Waals surface area contributed by atoms with E-state index in [1.165, 1.54) is 6.08 Å². The molecule has 0 saturated heterocycles. The molecule has 3 N–H and O–H groups in total. The fraction of sp³-hybridized carbons (Fsp3) is 0. The number of fused-ring (bicyclic) bond motifs is 1. The molecule has 0 radical (unpaired) electrons. The molecule has 3 heterocycles. The van der Waals surface area contributed by atoms with Crippen LogP contribution in [-0.2, 0) is 4.79 Å². The summed E-state index contributed by atoms with van der Waals surface area (Å²) in [4.78, 5) is 22.5. The minimum atomic E-state index is -0.479. The second-order valence-corrected chi connectivity index (χ2v) is 4.31. The van der Waals surface area contributed by atoms with E-state index in [0.29, 0.717) is 0 Å². The molecule has 0 atom stereocenters. The van der Waals surface area contributed by atoms with Crippen molar-refractivity contribution in [2.75, 3.05) is 0 Å². The molecule has 1 amide bonds. The van der Waals surface area contributed by atoms with Gasteiger partial charge in [0, 0.05) is 41.2 Å². The van der Waals surface area contributed by atoms with E-state index in [9.17, 15) is 4.79 Å². The summed E-state index contributed by atoms with van der Waals surface area (Å²) in [6.07, 6.45) is 8.30. The Morgan fingerprint density at radius 2 is 2.20 bits per heavy atom. The van der Waals surface area contributed by atoms with Crippen LogP contribution in [0.1, 0.15) is 5.56 Å². The van der Waals surface area contributed by atoms with Gasteiger partial charge in [0.1, 0.15) is 5.65 Å². The van der Waals surface area contributed by atoms with E-state index in [2.05, 4.69) is 15.0 Å². The fourth-order valence-electron chi connectivity index (χ4n) is 2.01. The lowest BCUT2D eigenvalue weighted by molar-refractivity contribution is -0.113. The van der Waals surface area contributed by atoms with Crippen molar-refractivity contribution in [1.29, 1.82) is 0 Å². The van der Waals surface area contributed by atoms with Gasteiger partial charge < -0.3 is 10.7 Å². The van der Waals surface area contributed by atoms with Crippen LogP contribution in [0, 0.1) is 0 Å². The SMILES string of the molecule is NC(=O)/C=C/c1c[nH]c2ncc(-c3ccccn3)cc12. The third-order valence-electron chi connectivity index (χ3n) is 2.95. The van der Waals surface area contributed by atoms with Gasteiger partial charge in [-0.1, -0.05) is 6.07 Å². The quantitative estimate of drug-likeness (QED) is 0.710. The van der Waals surface area contributed by atoms with Gasteiger partial charge in [0.25, 0.3) is 0 Å². The molecule has 0 aromatic carbocycles. The van der Waals surface area contributed by atoms with Gasteiger partial charge in [0.05, 0.1) is 5.69 Å². The Bertz CT molecular complexity index is 790. The maximum absolute atomic E-state index is 10.8. The van der Waals surface area contributed by atoms with Crippen LogP contribution in [0.5, 0.6) is 0 Å². The molecular weight excluding hydrogens is 252 g/mol. The number of carbonyl (C=O) groups excluding carboxylic acids is 1. The van der Waals surface area contributed by atoms with Crippen molar-refractivity contribution >= 4 is 23.0 Å². The standard InChI is InChI=1S/C15H12N4O/c16-14(20)5-4-10-8-18-15-12(10)7-11(9-19-15)13-3-1-2-6-17-13/h1-9H,(H2,16,20)(H,18,19)/b5-4+. The average molecular weight is 264 g/mol. The number of rotatable bonds is 3. The summed E-state index contributed by atoms with van der Waals surface area (Å²) < 4.78 is 0. The molecule has 0 unspecified atom stereocenters. The first-order valence-corrected chi connectivity index (χ1v) is 6.10. The van der Waals surface area contributed by atoms with E-state index < -0.39 is 5.91 Å². The van der Waals surface area contributed by atoms with Crippen LogP contribution < -0.4 is 5.73 Å². The van der Waals surface area contributed by atoms with Gasteiger partial charge in [0.2, 0.25) is 5.91 Å². The summed E-state index contributed by atoms with van der Waals surface area (Å²) >= 11 is 0. The van der Waals surface area contributed by atoms with E-state index in [1.807, 2.05) is 24.3 Å². The number of nitrogens with one attached hydrogen (secondary N) is 1. The highest BCUT2D eigenvalue weighted by atomic mass is 16.1. The van der Waals surface area contributed by atoms with Crippen molar-refractivity contribution in [2.24, 2.45) is 5.73 Å². The lowest BCUT2D eigenvalue weighted by atomic mass is 10.1. The highest BCUT2D eigenvalue weighted by molar-refractivity contribution is 5.95. The van der Waals surface area contributed by atoms with Gasteiger partial charge in [0.15, 0.2) is 0 Å². The highest BCUT2D eigenvalue weighted by Crippen LogP contribution is 2.23. The lowest BCUT2D eigenvalue weighted by Gasteiger charge is -2.00. The monoisotopic (exact) mass is 264 g/mol. The number of H-pyrrole nitrogens is 1. The molecule has 20 heavy (non-hydrogen) atoms. The number of primary amides is 1. The number of pyridine rings is 2. The van der Waals surface area contributed by atoms with Crippen molar-refractivity contribution in [3.05, 3.63) is 54.5 Å². The molecule has 3 rings (SSSR count). The Labute approximate surface area is 115 Å². The van der Waals surface area contributed by atoms with Gasteiger partial charge >= 0.3 is 0 Å². The zero-order valence-electron chi connectivity index (χ0n) is 10.6. The number of amides is 1. The summed E-state index contributed by atoms with van der Waals surface area (Å²) in [7, 11) is 0. The van der Waals surface area contributed by atoms with E-state index in [1.54, 1.807) is 24.7 Å². The normalized spacial score (nSPS) is 11.2. The Morgan fingerprint density at radius 3 is 2.95 bits per heavy atom. The van der Waals surface area contributed by atoms with Crippen LogP contribution in [0.15, 0.2) is 48.9 Å². The van der Waals surface area contributed by atoms with Crippen LogP contribution in [0.3, 0.4) is 0 Å². The number of nitrogens with two attached hydrogens (primary N) is 1. The minimum absolute atomic E-state index is 0.479. The predicted molar refractivity (Wildman–Crippen MR) is 77.6 cm³/mol. The fourth-order valence-corrected chi connectivity index (χ4v) is 2.01. The maximum atomic E-state index is 10.8. The van der Waals surface area contributed by atoms with Crippen LogP contribution >= 0.6 is 0 Å².